The Labute approximate surface area is 93.8 Å². The van der Waals surface area contributed by atoms with Crippen LogP contribution >= 0.6 is 0 Å². The maximum absolute atomic E-state index is 4.52. The van der Waals surface area contributed by atoms with Gasteiger partial charge in [0.2, 0.25) is 5.95 Å². The van der Waals surface area contributed by atoms with Crippen molar-refractivity contribution >= 4 is 5.95 Å². The normalized spacial score (nSPS) is 12.1. The molecule has 16 heavy (non-hydrogen) atoms. The van der Waals surface area contributed by atoms with Crippen LogP contribution in [0.5, 0.6) is 0 Å². The smallest absolute Gasteiger partial charge is 0.223 e. The van der Waals surface area contributed by atoms with E-state index in [-0.39, 0.29) is 0 Å². The highest BCUT2D eigenvalue weighted by Crippen LogP contribution is 2.34. The van der Waals surface area contributed by atoms with E-state index in [2.05, 4.69) is 20.3 Å². The van der Waals surface area contributed by atoms with Gasteiger partial charge in [-0.25, -0.2) is 9.97 Å². The molecule has 4 nitrogen and oxygen atoms in total. The lowest BCUT2D eigenvalue weighted by molar-refractivity contribution is 1.07. The minimum absolute atomic E-state index is 0.693. The summed E-state index contributed by atoms with van der Waals surface area (Å²) >= 11 is 0. The number of hydrogen-bond donors (Lipinski definition) is 1. The topological polar surface area (TPSA) is 50.7 Å². The molecule has 0 atom stereocenters. The van der Waals surface area contributed by atoms with Crippen LogP contribution in [0, 0.1) is 0 Å². The number of hydrogen-bond acceptors (Lipinski definition) is 4. The highest BCUT2D eigenvalue weighted by atomic mass is 15.1. The Morgan fingerprint density at radius 2 is 2.25 bits per heavy atom. The average Bonchev–Trinajstić information content (AvgIpc) is 2.68. The lowest BCUT2D eigenvalue weighted by Crippen LogP contribution is -2.02. The number of pyridine rings is 1. The van der Waals surface area contributed by atoms with Gasteiger partial charge in [0.25, 0.3) is 0 Å². The van der Waals surface area contributed by atoms with Crippen molar-refractivity contribution in [3.63, 3.8) is 0 Å². The first-order valence-corrected chi connectivity index (χ1v) is 5.41. The van der Waals surface area contributed by atoms with Gasteiger partial charge in [-0.2, -0.15) is 0 Å². The molecular formula is C12H12N4. The summed E-state index contributed by atoms with van der Waals surface area (Å²) in [4.78, 5) is 13.0. The monoisotopic (exact) mass is 212 g/mol. The van der Waals surface area contributed by atoms with Crippen molar-refractivity contribution in [3.8, 4) is 11.3 Å². The summed E-state index contributed by atoms with van der Waals surface area (Å²) < 4.78 is 0. The zero-order valence-electron chi connectivity index (χ0n) is 9.07. The van der Waals surface area contributed by atoms with Crippen LogP contribution in [0.15, 0.2) is 24.7 Å². The fourth-order valence-electron chi connectivity index (χ4n) is 2.01. The molecule has 0 saturated heterocycles. The van der Waals surface area contributed by atoms with Crippen LogP contribution < -0.4 is 5.32 Å². The maximum Gasteiger partial charge on any atom is 0.223 e. The summed E-state index contributed by atoms with van der Waals surface area (Å²) in [5, 5.41) is 3.13. The summed E-state index contributed by atoms with van der Waals surface area (Å²) in [5.74, 6) is 0.693. The van der Waals surface area contributed by atoms with Gasteiger partial charge in [-0.3, -0.25) is 4.98 Å². The van der Waals surface area contributed by atoms with Gasteiger partial charge < -0.3 is 5.32 Å². The highest BCUT2D eigenvalue weighted by molar-refractivity contribution is 5.72. The van der Waals surface area contributed by atoms with E-state index in [0.717, 1.165) is 24.2 Å². The van der Waals surface area contributed by atoms with E-state index >= 15 is 0 Å². The van der Waals surface area contributed by atoms with Crippen molar-refractivity contribution in [2.45, 2.75) is 13.3 Å². The van der Waals surface area contributed by atoms with Gasteiger partial charge in [-0.15, -0.1) is 0 Å². The molecule has 0 bridgehead atoms. The van der Waals surface area contributed by atoms with Gasteiger partial charge in [0.1, 0.15) is 0 Å². The van der Waals surface area contributed by atoms with Crippen LogP contribution in [0.1, 0.15) is 18.1 Å². The number of aromatic nitrogens is 3. The van der Waals surface area contributed by atoms with Crippen LogP contribution in [-0.4, -0.2) is 21.5 Å². The first kappa shape index (κ1) is 9.27. The van der Waals surface area contributed by atoms with Crippen molar-refractivity contribution in [2.24, 2.45) is 0 Å². The average molecular weight is 212 g/mol. The van der Waals surface area contributed by atoms with E-state index in [0.29, 0.717) is 5.95 Å². The minimum Gasteiger partial charge on any atom is -0.354 e. The lowest BCUT2D eigenvalue weighted by Gasteiger charge is -2.03. The maximum atomic E-state index is 4.52. The standard InChI is InChI=1S/C12H12N4/c1-2-14-12-15-6-9-5-8-3-4-13-7-10(8)11(9)16-12/h3-4,6-7H,2,5H2,1H3,(H,14,15,16). The van der Waals surface area contributed by atoms with E-state index in [1.807, 2.05) is 31.6 Å². The number of fused-ring (bicyclic) bond motifs is 3. The van der Waals surface area contributed by atoms with Gasteiger partial charge >= 0.3 is 0 Å². The van der Waals surface area contributed by atoms with Crippen molar-refractivity contribution in [1.82, 2.24) is 15.0 Å². The second kappa shape index (κ2) is 3.56. The second-order valence-corrected chi connectivity index (χ2v) is 3.81. The first-order chi connectivity index (χ1) is 7.88. The molecule has 0 saturated carbocycles. The predicted octanol–water partition coefficient (Wildman–Crippen LogP) is 1.87. The third-order valence-electron chi connectivity index (χ3n) is 2.75. The van der Waals surface area contributed by atoms with Gasteiger partial charge in [0.15, 0.2) is 0 Å². The zero-order chi connectivity index (χ0) is 11.0. The van der Waals surface area contributed by atoms with Crippen molar-refractivity contribution < 1.29 is 0 Å². The Kier molecular flexibility index (Phi) is 2.06. The largest absolute Gasteiger partial charge is 0.354 e. The molecule has 4 heteroatoms. The van der Waals surface area contributed by atoms with Crippen LogP contribution in [0.4, 0.5) is 5.95 Å². The molecule has 80 valence electrons. The molecule has 0 aliphatic heterocycles. The van der Waals surface area contributed by atoms with Crippen molar-refractivity contribution in [2.75, 3.05) is 11.9 Å². The van der Waals surface area contributed by atoms with E-state index in [1.54, 1.807) is 0 Å². The molecular weight excluding hydrogens is 200 g/mol. The second-order valence-electron chi connectivity index (χ2n) is 3.81. The highest BCUT2D eigenvalue weighted by Gasteiger charge is 2.20. The summed E-state index contributed by atoms with van der Waals surface area (Å²) in [7, 11) is 0. The Morgan fingerprint density at radius 1 is 1.31 bits per heavy atom. The molecule has 0 radical (unpaired) electrons. The van der Waals surface area contributed by atoms with Gasteiger partial charge in [-0.1, -0.05) is 0 Å². The Bertz CT molecular complexity index is 536. The molecule has 2 heterocycles. The first-order valence-electron chi connectivity index (χ1n) is 5.41. The van der Waals surface area contributed by atoms with Crippen LogP contribution in [-0.2, 0) is 6.42 Å². The fraction of sp³-hybridized carbons (Fsp3) is 0.250. The van der Waals surface area contributed by atoms with E-state index in [9.17, 15) is 0 Å². The van der Waals surface area contributed by atoms with E-state index in [1.165, 1.54) is 11.1 Å². The van der Waals surface area contributed by atoms with E-state index < -0.39 is 0 Å². The Balaban J connectivity index is 2.11. The molecule has 1 aliphatic rings. The fourth-order valence-corrected chi connectivity index (χ4v) is 2.01. The number of nitrogens with one attached hydrogen (secondary N) is 1. The molecule has 0 aromatic carbocycles. The number of anilines is 1. The summed E-state index contributed by atoms with van der Waals surface area (Å²) in [6, 6.07) is 2.05. The molecule has 3 rings (SSSR count). The lowest BCUT2D eigenvalue weighted by atomic mass is 10.2. The van der Waals surface area contributed by atoms with Crippen molar-refractivity contribution in [3.05, 3.63) is 35.8 Å². The van der Waals surface area contributed by atoms with Crippen LogP contribution in [0.3, 0.4) is 0 Å². The van der Waals surface area contributed by atoms with E-state index in [4.69, 9.17) is 0 Å². The molecule has 0 unspecified atom stereocenters. The molecule has 2 aromatic heterocycles. The van der Waals surface area contributed by atoms with Crippen LogP contribution in [0.25, 0.3) is 11.3 Å². The number of nitrogens with zero attached hydrogens (tertiary/aromatic N) is 3. The molecule has 1 aliphatic carbocycles. The SMILES string of the molecule is CCNc1ncc2c(n1)-c1cnccc1C2. The minimum atomic E-state index is 0.693. The third kappa shape index (κ3) is 1.34. The Hall–Kier alpha value is -1.97. The molecule has 0 fully saturated rings. The summed E-state index contributed by atoms with van der Waals surface area (Å²) in [5.41, 5.74) is 4.63. The van der Waals surface area contributed by atoms with Gasteiger partial charge in [-0.05, 0) is 18.6 Å². The predicted molar refractivity (Wildman–Crippen MR) is 62.2 cm³/mol. The van der Waals surface area contributed by atoms with Gasteiger partial charge in [0, 0.05) is 42.7 Å². The zero-order valence-corrected chi connectivity index (χ0v) is 9.07. The Morgan fingerprint density at radius 3 is 3.12 bits per heavy atom. The third-order valence-corrected chi connectivity index (χ3v) is 2.75. The molecule has 0 amide bonds. The molecule has 0 spiro atoms. The molecule has 2 aromatic rings. The molecule has 1 N–H and O–H groups in total. The van der Waals surface area contributed by atoms with Gasteiger partial charge in [0.05, 0.1) is 5.69 Å². The summed E-state index contributed by atoms with van der Waals surface area (Å²) in [6.45, 7) is 2.87. The number of rotatable bonds is 2. The van der Waals surface area contributed by atoms with Crippen molar-refractivity contribution in [1.29, 1.82) is 0 Å². The summed E-state index contributed by atoms with van der Waals surface area (Å²) in [6.07, 6.45) is 6.52. The quantitative estimate of drug-likeness (QED) is 0.704. The van der Waals surface area contributed by atoms with Crippen LogP contribution in [0.2, 0.25) is 0 Å².